The maximum absolute atomic E-state index is 11.7. The number of carbonyl (C=O) groups is 1. The van der Waals surface area contributed by atoms with Gasteiger partial charge < -0.3 is 24.3 Å². The van der Waals surface area contributed by atoms with Gasteiger partial charge >= 0.3 is 10.4 Å². The van der Waals surface area contributed by atoms with Gasteiger partial charge in [0.05, 0.1) is 0 Å². The summed E-state index contributed by atoms with van der Waals surface area (Å²) in [6, 6.07) is -0.899. The minimum atomic E-state index is -4.84. The molecular weight excluding hydrogens is 404 g/mol. The average molecular weight is 428 g/mol. The summed E-state index contributed by atoms with van der Waals surface area (Å²) < 4.78 is 58.3. The highest BCUT2D eigenvalue weighted by Gasteiger charge is 2.52. The summed E-state index contributed by atoms with van der Waals surface area (Å²) in [4.78, 5) is 11.7. The summed E-state index contributed by atoms with van der Waals surface area (Å²) in [5.74, 6) is -1.73. The summed E-state index contributed by atoms with van der Waals surface area (Å²) in [5, 5.41) is 13.2. The van der Waals surface area contributed by atoms with Crippen LogP contribution in [0.5, 0.6) is 0 Å². The lowest BCUT2D eigenvalue weighted by atomic mass is 10.0. The third kappa shape index (κ3) is 7.51. The van der Waals surface area contributed by atoms with E-state index in [-0.39, 0.29) is 5.75 Å². The Hall–Kier alpha value is -0.980. The molecule has 13 heteroatoms. The molecule has 156 valence electrons. The van der Waals surface area contributed by atoms with Gasteiger partial charge in [-0.3, -0.25) is 9.35 Å². The normalized spacial score (nSPS) is 24.4. The van der Waals surface area contributed by atoms with E-state index < -0.39 is 52.7 Å². The highest BCUT2D eigenvalue weighted by atomic mass is 32.3. The molecule has 2 N–H and O–H groups in total. The quantitative estimate of drug-likeness (QED) is 0.275. The molecule has 0 aromatic heterocycles. The van der Waals surface area contributed by atoms with Crippen molar-refractivity contribution < 1.29 is 40.9 Å². The van der Waals surface area contributed by atoms with Crippen molar-refractivity contribution in [2.24, 2.45) is 0 Å². The topological polar surface area (TPSA) is 153 Å². The second-order valence-electron chi connectivity index (χ2n) is 6.10. The van der Waals surface area contributed by atoms with Crippen LogP contribution in [-0.4, -0.2) is 75.3 Å². The van der Waals surface area contributed by atoms with E-state index >= 15 is 0 Å². The zero-order valence-corrected chi connectivity index (χ0v) is 17.2. The molecule has 27 heavy (non-hydrogen) atoms. The largest absolute Gasteiger partial charge is 0.397 e. The van der Waals surface area contributed by atoms with Gasteiger partial charge in [0.25, 0.3) is 0 Å². The van der Waals surface area contributed by atoms with Gasteiger partial charge in [0, 0.05) is 26.9 Å². The highest BCUT2D eigenvalue weighted by Crippen LogP contribution is 2.35. The van der Waals surface area contributed by atoms with Crippen molar-refractivity contribution >= 4 is 28.1 Å². The Balaban J connectivity index is 3.27. The molecule has 0 saturated carbocycles. The number of carbonyl (C=O) groups excluding carboxylic acids is 1. The Labute approximate surface area is 162 Å². The second kappa shape index (κ2) is 9.99. The fraction of sp³-hybridized carbons (Fsp3) is 0.857. The highest BCUT2D eigenvalue weighted by molar-refractivity contribution is 8.03. The first-order chi connectivity index (χ1) is 12.4. The van der Waals surface area contributed by atoms with E-state index in [0.29, 0.717) is 11.8 Å². The van der Waals surface area contributed by atoms with Crippen molar-refractivity contribution in [1.29, 1.82) is 5.26 Å². The molecule has 1 rings (SSSR count). The molecule has 0 aromatic carbocycles. The van der Waals surface area contributed by atoms with Crippen LogP contribution in [0.4, 0.5) is 0 Å². The summed E-state index contributed by atoms with van der Waals surface area (Å²) in [6.45, 7) is 4.45. The number of hydrogen-bond acceptors (Lipinski definition) is 10. The smallest absolute Gasteiger partial charge is 0.354 e. The number of amides is 1. The minimum absolute atomic E-state index is 0.145. The van der Waals surface area contributed by atoms with Crippen molar-refractivity contribution in [3.05, 3.63) is 0 Å². The Morgan fingerprint density at radius 3 is 2.33 bits per heavy atom. The Morgan fingerprint density at radius 1 is 1.33 bits per heavy atom. The first-order valence-corrected chi connectivity index (χ1v) is 10.1. The molecule has 1 aliphatic heterocycles. The van der Waals surface area contributed by atoms with Crippen LogP contribution in [0.15, 0.2) is 0 Å². The summed E-state index contributed by atoms with van der Waals surface area (Å²) in [6.07, 6.45) is -4.27. The molecule has 0 radical (unpaired) electrons. The number of thioether (sulfide) groups is 1. The molecule has 0 aliphatic carbocycles. The van der Waals surface area contributed by atoms with Gasteiger partial charge in [0.2, 0.25) is 5.91 Å². The van der Waals surface area contributed by atoms with Crippen LogP contribution >= 0.6 is 11.8 Å². The predicted molar refractivity (Wildman–Crippen MR) is 93.7 cm³/mol. The molecule has 0 spiro atoms. The summed E-state index contributed by atoms with van der Waals surface area (Å²) in [5.41, 5.74) is 0. The zero-order valence-electron chi connectivity index (χ0n) is 15.6. The number of nitrogens with one attached hydrogen (secondary N) is 1. The van der Waals surface area contributed by atoms with Gasteiger partial charge in [-0.05, 0) is 25.6 Å². The number of hydrogen-bond donors (Lipinski definition) is 2. The van der Waals surface area contributed by atoms with E-state index in [1.165, 1.54) is 21.1 Å². The third-order valence-corrected chi connectivity index (χ3v) is 4.68. The van der Waals surface area contributed by atoms with Crippen LogP contribution in [0.3, 0.4) is 0 Å². The summed E-state index contributed by atoms with van der Waals surface area (Å²) >= 11 is 0.711. The number of methoxy groups -OCH3 is 2. The van der Waals surface area contributed by atoms with Crippen molar-refractivity contribution in [2.45, 2.75) is 57.2 Å². The number of ether oxygens (including phenoxy) is 4. The van der Waals surface area contributed by atoms with E-state index in [1.54, 1.807) is 19.2 Å². The van der Waals surface area contributed by atoms with Gasteiger partial charge in [-0.25, -0.2) is 4.18 Å². The van der Waals surface area contributed by atoms with Crippen molar-refractivity contribution in [3.63, 3.8) is 0 Å². The number of rotatable bonds is 10. The fourth-order valence-electron chi connectivity index (χ4n) is 2.76. The first kappa shape index (κ1) is 24.1. The lowest BCUT2D eigenvalue weighted by Gasteiger charge is -2.33. The van der Waals surface area contributed by atoms with E-state index in [9.17, 15) is 13.2 Å². The van der Waals surface area contributed by atoms with Gasteiger partial charge in [-0.1, -0.05) is 0 Å². The van der Waals surface area contributed by atoms with Gasteiger partial charge in [0.1, 0.15) is 29.8 Å². The van der Waals surface area contributed by atoms with Crippen molar-refractivity contribution in [1.82, 2.24) is 5.32 Å². The maximum Gasteiger partial charge on any atom is 0.397 e. The van der Waals surface area contributed by atoms with Crippen LogP contribution in [0.2, 0.25) is 0 Å². The van der Waals surface area contributed by atoms with E-state index in [4.69, 9.17) is 32.9 Å². The van der Waals surface area contributed by atoms with E-state index in [0.717, 1.165) is 0 Å². The molecule has 4 atom stereocenters. The lowest BCUT2D eigenvalue weighted by Crippen LogP contribution is -2.57. The molecule has 1 heterocycles. The Bertz CT molecular complexity index is 645. The SMILES string of the molecule is COC(OC)[C@H](NC(C)=O)[C@H]1OC(C)(C)O[C@@H]1[C@@H](CSC#N)OS(=O)(=O)O. The molecule has 0 bridgehead atoms. The monoisotopic (exact) mass is 428 g/mol. The molecule has 1 aliphatic rings. The first-order valence-electron chi connectivity index (χ1n) is 7.79. The second-order valence-corrected chi connectivity index (χ2v) is 7.95. The van der Waals surface area contributed by atoms with Gasteiger partial charge in [-0.15, -0.1) is 0 Å². The molecule has 11 nitrogen and oxygen atoms in total. The van der Waals surface area contributed by atoms with Crippen LogP contribution < -0.4 is 5.32 Å². The molecule has 0 unspecified atom stereocenters. The van der Waals surface area contributed by atoms with Crippen LogP contribution in [0.25, 0.3) is 0 Å². The maximum atomic E-state index is 11.7. The fourth-order valence-corrected chi connectivity index (χ4v) is 3.84. The van der Waals surface area contributed by atoms with E-state index in [1.807, 2.05) is 0 Å². The predicted octanol–water partition coefficient (Wildman–Crippen LogP) is 0.0324. The lowest BCUT2D eigenvalue weighted by molar-refractivity contribution is -0.175. The average Bonchev–Trinajstić information content (AvgIpc) is 2.85. The Morgan fingerprint density at radius 2 is 1.89 bits per heavy atom. The number of thiocyanates is 1. The van der Waals surface area contributed by atoms with Gasteiger partial charge in [0.15, 0.2) is 12.1 Å². The molecular formula is C14H24N2O9S2. The van der Waals surface area contributed by atoms with Crippen LogP contribution in [-0.2, 0) is 38.3 Å². The molecule has 1 saturated heterocycles. The van der Waals surface area contributed by atoms with Crippen molar-refractivity contribution in [2.75, 3.05) is 20.0 Å². The standard InChI is InChI=1S/C14H24N2O9S2/c1-8(17)16-10(13(21-4)22-5)12-11(23-14(2,3)24-12)9(6-26-7-15)25-27(18,19)20/h9-13H,6H2,1-5H3,(H,16,17)(H,18,19,20)/t9-,10-,11-,12-/m1/s1. The minimum Gasteiger partial charge on any atom is -0.354 e. The van der Waals surface area contributed by atoms with E-state index in [2.05, 4.69) is 5.32 Å². The molecule has 1 fully saturated rings. The van der Waals surface area contributed by atoms with Crippen LogP contribution in [0, 0.1) is 10.7 Å². The Kier molecular flexibility index (Phi) is 8.90. The molecule has 1 amide bonds. The molecule has 0 aromatic rings. The summed E-state index contributed by atoms with van der Waals surface area (Å²) in [7, 11) is -2.12. The number of nitrogens with zero attached hydrogens (tertiary/aromatic N) is 1. The van der Waals surface area contributed by atoms with Crippen molar-refractivity contribution in [3.8, 4) is 5.40 Å². The van der Waals surface area contributed by atoms with Crippen LogP contribution in [0.1, 0.15) is 20.8 Å². The number of nitriles is 1. The zero-order chi connectivity index (χ0) is 20.8. The van der Waals surface area contributed by atoms with Gasteiger partial charge in [-0.2, -0.15) is 13.7 Å². The third-order valence-electron chi connectivity index (χ3n) is 3.57.